The van der Waals surface area contributed by atoms with E-state index >= 15 is 0 Å². The summed E-state index contributed by atoms with van der Waals surface area (Å²) in [5, 5.41) is 3.16. The molecule has 2 aromatic carbocycles. The highest BCUT2D eigenvalue weighted by atomic mass is 32.2. The minimum atomic E-state index is -0.325. The van der Waals surface area contributed by atoms with E-state index in [-0.39, 0.29) is 11.7 Å². The maximum Gasteiger partial charge on any atom is 0.264 e. The zero-order valence-electron chi connectivity index (χ0n) is 12.2. The summed E-state index contributed by atoms with van der Waals surface area (Å²) in [5.41, 5.74) is 1.39. The van der Waals surface area contributed by atoms with Gasteiger partial charge in [-0.1, -0.05) is 18.2 Å². The van der Waals surface area contributed by atoms with Gasteiger partial charge >= 0.3 is 0 Å². The van der Waals surface area contributed by atoms with Crippen LogP contribution in [0.25, 0.3) is 6.08 Å². The zero-order chi connectivity index (χ0) is 16.2. The first kappa shape index (κ1) is 15.3. The van der Waals surface area contributed by atoms with Crippen molar-refractivity contribution in [3.63, 3.8) is 0 Å². The van der Waals surface area contributed by atoms with Gasteiger partial charge in [0.25, 0.3) is 5.91 Å². The van der Waals surface area contributed by atoms with Crippen molar-refractivity contribution in [2.24, 2.45) is 4.99 Å². The first-order valence-electron chi connectivity index (χ1n) is 6.84. The summed E-state index contributed by atoms with van der Waals surface area (Å²) in [7, 11) is 1.58. The number of hydrogen-bond acceptors (Lipinski definition) is 4. The smallest absolute Gasteiger partial charge is 0.264 e. The van der Waals surface area contributed by atoms with Gasteiger partial charge in [-0.2, -0.15) is 0 Å². The highest BCUT2D eigenvalue weighted by Crippen LogP contribution is 2.30. The lowest BCUT2D eigenvalue weighted by atomic mass is 10.2. The fourth-order valence-electron chi connectivity index (χ4n) is 2.04. The molecule has 0 aromatic heterocycles. The molecule has 0 unspecified atom stereocenters. The van der Waals surface area contributed by atoms with Crippen molar-refractivity contribution in [3.05, 3.63) is 64.8 Å². The maximum absolute atomic E-state index is 12.9. The van der Waals surface area contributed by atoms with Crippen LogP contribution in [0.5, 0.6) is 5.75 Å². The van der Waals surface area contributed by atoms with Crippen LogP contribution < -0.4 is 10.1 Å². The van der Waals surface area contributed by atoms with Gasteiger partial charge < -0.3 is 10.1 Å². The Hall–Kier alpha value is -2.60. The van der Waals surface area contributed by atoms with E-state index in [9.17, 15) is 9.18 Å². The molecule has 0 bridgehead atoms. The summed E-state index contributed by atoms with van der Waals surface area (Å²) in [6, 6.07) is 13.2. The van der Waals surface area contributed by atoms with Crippen LogP contribution >= 0.6 is 11.8 Å². The molecule has 4 nitrogen and oxygen atoms in total. The van der Waals surface area contributed by atoms with Crippen molar-refractivity contribution in [2.45, 2.75) is 0 Å². The van der Waals surface area contributed by atoms with Gasteiger partial charge in [0, 0.05) is 5.56 Å². The first-order chi connectivity index (χ1) is 11.2. The van der Waals surface area contributed by atoms with E-state index in [0.29, 0.717) is 21.5 Å². The molecular weight excluding hydrogens is 315 g/mol. The summed E-state index contributed by atoms with van der Waals surface area (Å²) >= 11 is 1.23. The second kappa shape index (κ2) is 6.66. The van der Waals surface area contributed by atoms with Gasteiger partial charge in [0.2, 0.25) is 0 Å². The molecule has 6 heteroatoms. The van der Waals surface area contributed by atoms with Gasteiger partial charge in [0.15, 0.2) is 5.17 Å². The molecule has 0 atom stereocenters. The number of hydrogen-bond donors (Lipinski definition) is 1. The number of rotatable bonds is 3. The molecule has 0 saturated carbocycles. The highest BCUT2D eigenvalue weighted by Gasteiger charge is 2.24. The molecule has 1 aliphatic rings. The molecule has 1 aliphatic heterocycles. The molecule has 23 heavy (non-hydrogen) atoms. The monoisotopic (exact) mass is 328 g/mol. The topological polar surface area (TPSA) is 50.7 Å². The summed E-state index contributed by atoms with van der Waals surface area (Å²) in [5.74, 6) is 0.146. The van der Waals surface area contributed by atoms with E-state index < -0.39 is 0 Å². The van der Waals surface area contributed by atoms with E-state index in [1.165, 1.54) is 23.9 Å². The molecule has 1 amide bonds. The van der Waals surface area contributed by atoms with Crippen LogP contribution in [-0.4, -0.2) is 18.2 Å². The molecule has 116 valence electrons. The largest absolute Gasteiger partial charge is 0.496 e. The van der Waals surface area contributed by atoms with Gasteiger partial charge in [-0.05, 0) is 48.2 Å². The summed E-state index contributed by atoms with van der Waals surface area (Å²) in [4.78, 5) is 16.9. The van der Waals surface area contributed by atoms with Crippen LogP contribution in [0.1, 0.15) is 5.56 Å². The number of halogens is 1. The van der Waals surface area contributed by atoms with Crippen molar-refractivity contribution >= 4 is 34.6 Å². The predicted octanol–water partition coefficient (Wildman–Crippen LogP) is 3.73. The second-order valence-corrected chi connectivity index (χ2v) is 5.73. The van der Waals surface area contributed by atoms with Gasteiger partial charge in [-0.3, -0.25) is 4.79 Å². The van der Waals surface area contributed by atoms with Crippen LogP contribution in [-0.2, 0) is 4.79 Å². The second-order valence-electron chi connectivity index (χ2n) is 4.70. The lowest BCUT2D eigenvalue weighted by Gasteiger charge is -2.03. The number of nitrogens with one attached hydrogen (secondary N) is 1. The van der Waals surface area contributed by atoms with E-state index in [1.807, 2.05) is 24.3 Å². The number of amides is 1. The number of carbonyl (C=O) groups excluding carboxylic acids is 1. The Bertz CT molecular complexity index is 800. The lowest BCUT2D eigenvalue weighted by molar-refractivity contribution is -0.115. The molecule has 3 rings (SSSR count). The van der Waals surface area contributed by atoms with E-state index in [1.54, 1.807) is 25.3 Å². The summed E-state index contributed by atoms with van der Waals surface area (Å²) < 4.78 is 18.2. The molecule has 1 fully saturated rings. The Morgan fingerprint density at radius 1 is 1.17 bits per heavy atom. The quantitative estimate of drug-likeness (QED) is 0.874. The third-order valence-electron chi connectivity index (χ3n) is 3.13. The number of thioether (sulfide) groups is 1. The number of methoxy groups -OCH3 is 1. The number of amidine groups is 1. The highest BCUT2D eigenvalue weighted by molar-refractivity contribution is 8.18. The molecule has 1 N–H and O–H groups in total. The minimum absolute atomic E-state index is 0.221. The zero-order valence-corrected chi connectivity index (χ0v) is 13.1. The van der Waals surface area contributed by atoms with Crippen molar-refractivity contribution in [2.75, 3.05) is 7.11 Å². The molecule has 1 saturated heterocycles. The summed E-state index contributed by atoms with van der Waals surface area (Å²) in [6.07, 6.45) is 1.76. The van der Waals surface area contributed by atoms with Gasteiger partial charge in [-0.15, -0.1) is 0 Å². The van der Waals surface area contributed by atoms with Crippen LogP contribution in [0.15, 0.2) is 58.4 Å². The van der Waals surface area contributed by atoms with Crippen molar-refractivity contribution in [3.8, 4) is 5.75 Å². The fourth-order valence-corrected chi connectivity index (χ4v) is 2.87. The van der Waals surface area contributed by atoms with Crippen LogP contribution in [0.3, 0.4) is 0 Å². The van der Waals surface area contributed by atoms with Gasteiger partial charge in [0.05, 0.1) is 17.7 Å². The van der Waals surface area contributed by atoms with E-state index in [2.05, 4.69) is 10.3 Å². The Morgan fingerprint density at radius 2 is 1.91 bits per heavy atom. The normalized spacial score (nSPS) is 17.6. The lowest BCUT2D eigenvalue weighted by Crippen LogP contribution is -2.19. The number of aliphatic imine (C=N–C) groups is 1. The number of carbonyl (C=O) groups is 1. The number of para-hydroxylation sites is 1. The Labute approximate surface area is 137 Å². The number of ether oxygens (including phenoxy) is 1. The van der Waals surface area contributed by atoms with Gasteiger partial charge in [-0.25, -0.2) is 9.38 Å². The van der Waals surface area contributed by atoms with E-state index in [0.717, 1.165) is 5.56 Å². The number of benzene rings is 2. The first-order valence-corrected chi connectivity index (χ1v) is 7.65. The SMILES string of the molecule is COc1ccccc1/C=C1\SC(=Nc2ccc(F)cc2)NC1=O. The van der Waals surface area contributed by atoms with E-state index in [4.69, 9.17) is 4.74 Å². The molecule has 0 spiro atoms. The minimum Gasteiger partial charge on any atom is -0.496 e. The molecular formula is C17H13FN2O2S. The van der Waals surface area contributed by atoms with Crippen LogP contribution in [0.4, 0.5) is 10.1 Å². The third kappa shape index (κ3) is 3.60. The fraction of sp³-hybridized carbons (Fsp3) is 0.0588. The third-order valence-corrected chi connectivity index (χ3v) is 4.04. The molecule has 0 radical (unpaired) electrons. The Morgan fingerprint density at radius 3 is 2.65 bits per heavy atom. The molecule has 2 aromatic rings. The Balaban J connectivity index is 1.85. The summed E-state index contributed by atoms with van der Waals surface area (Å²) in [6.45, 7) is 0. The predicted molar refractivity (Wildman–Crippen MR) is 90.2 cm³/mol. The van der Waals surface area contributed by atoms with Crippen molar-refractivity contribution in [1.29, 1.82) is 0 Å². The van der Waals surface area contributed by atoms with Crippen molar-refractivity contribution in [1.82, 2.24) is 5.32 Å². The average Bonchev–Trinajstić information content (AvgIpc) is 2.90. The molecule has 0 aliphatic carbocycles. The average molecular weight is 328 g/mol. The standard InChI is InChI=1S/C17H13FN2O2S/c1-22-14-5-3-2-4-11(14)10-15-16(21)20-17(23-15)19-13-8-6-12(18)7-9-13/h2-10H,1H3,(H,19,20,21)/b15-10-. The van der Waals surface area contributed by atoms with Crippen LogP contribution in [0.2, 0.25) is 0 Å². The van der Waals surface area contributed by atoms with Crippen LogP contribution in [0, 0.1) is 5.82 Å². The van der Waals surface area contributed by atoms with Crippen molar-refractivity contribution < 1.29 is 13.9 Å². The Kier molecular flexibility index (Phi) is 4.43. The van der Waals surface area contributed by atoms with Gasteiger partial charge in [0.1, 0.15) is 11.6 Å². The number of nitrogens with zero attached hydrogens (tertiary/aromatic N) is 1. The maximum atomic E-state index is 12.9. The molecule has 1 heterocycles.